The zero-order chi connectivity index (χ0) is 12.4. The highest BCUT2D eigenvalue weighted by atomic mass is 19.1. The molecule has 2 aromatic rings. The van der Waals surface area contributed by atoms with Crippen LogP contribution in [0, 0.1) is 12.7 Å². The van der Waals surface area contributed by atoms with Crippen molar-refractivity contribution in [1.82, 2.24) is 9.97 Å². The molecule has 0 saturated carbocycles. The van der Waals surface area contributed by atoms with Crippen molar-refractivity contribution in [3.8, 4) is 0 Å². The molecule has 0 saturated heterocycles. The van der Waals surface area contributed by atoms with Gasteiger partial charge in [-0.25, -0.2) is 9.37 Å². The molecule has 4 nitrogen and oxygen atoms in total. The standard InChI is InChI=1S/C12H13FN4/c1-8-7-15-12(14)16-11(8)17(2)10-5-3-4-9(13)6-10/h3-7H,1-2H3,(H2,14,15,16). The lowest BCUT2D eigenvalue weighted by molar-refractivity contribution is 0.628. The molecule has 0 radical (unpaired) electrons. The maximum absolute atomic E-state index is 13.1. The van der Waals surface area contributed by atoms with Crippen molar-refractivity contribution in [1.29, 1.82) is 0 Å². The van der Waals surface area contributed by atoms with E-state index in [0.717, 1.165) is 5.56 Å². The fraction of sp³-hybridized carbons (Fsp3) is 0.167. The van der Waals surface area contributed by atoms with Crippen LogP contribution in [0.2, 0.25) is 0 Å². The van der Waals surface area contributed by atoms with E-state index in [2.05, 4.69) is 9.97 Å². The van der Waals surface area contributed by atoms with Gasteiger partial charge in [0.1, 0.15) is 11.6 Å². The number of rotatable bonds is 2. The third-order valence-corrected chi connectivity index (χ3v) is 2.48. The van der Waals surface area contributed by atoms with Gasteiger partial charge in [0.05, 0.1) is 0 Å². The van der Waals surface area contributed by atoms with Crippen LogP contribution in [0.3, 0.4) is 0 Å². The first-order chi connectivity index (χ1) is 8.08. The molecule has 5 heteroatoms. The number of hydrogen-bond acceptors (Lipinski definition) is 4. The van der Waals surface area contributed by atoms with Crippen molar-refractivity contribution in [2.24, 2.45) is 0 Å². The lowest BCUT2D eigenvalue weighted by Gasteiger charge is -2.20. The van der Waals surface area contributed by atoms with Gasteiger partial charge in [-0.05, 0) is 25.1 Å². The smallest absolute Gasteiger partial charge is 0.221 e. The van der Waals surface area contributed by atoms with Crippen molar-refractivity contribution in [3.05, 3.63) is 41.8 Å². The first-order valence-corrected chi connectivity index (χ1v) is 5.16. The minimum atomic E-state index is -0.283. The third-order valence-electron chi connectivity index (χ3n) is 2.48. The van der Waals surface area contributed by atoms with Crippen molar-refractivity contribution < 1.29 is 4.39 Å². The van der Waals surface area contributed by atoms with E-state index < -0.39 is 0 Å². The molecule has 0 amide bonds. The van der Waals surface area contributed by atoms with E-state index in [4.69, 9.17) is 5.73 Å². The summed E-state index contributed by atoms with van der Waals surface area (Å²) in [6, 6.07) is 6.30. The van der Waals surface area contributed by atoms with Crippen LogP contribution in [0.5, 0.6) is 0 Å². The first-order valence-electron chi connectivity index (χ1n) is 5.16. The van der Waals surface area contributed by atoms with Gasteiger partial charge in [-0.15, -0.1) is 0 Å². The third kappa shape index (κ3) is 2.33. The predicted octanol–water partition coefficient (Wildman–Crippen LogP) is 2.27. The predicted molar refractivity (Wildman–Crippen MR) is 65.6 cm³/mol. The molecule has 0 bridgehead atoms. The van der Waals surface area contributed by atoms with Crippen LogP contribution in [0.1, 0.15) is 5.56 Å². The van der Waals surface area contributed by atoms with Crippen LogP contribution in [0.4, 0.5) is 21.8 Å². The SMILES string of the molecule is Cc1cnc(N)nc1N(C)c1cccc(F)c1. The van der Waals surface area contributed by atoms with E-state index in [1.807, 2.05) is 14.0 Å². The Balaban J connectivity index is 2.43. The Hall–Kier alpha value is -2.17. The van der Waals surface area contributed by atoms with E-state index in [0.29, 0.717) is 11.5 Å². The molecule has 2 rings (SSSR count). The van der Waals surface area contributed by atoms with Gasteiger partial charge in [-0.3, -0.25) is 0 Å². The first kappa shape index (κ1) is 11.3. The molecule has 17 heavy (non-hydrogen) atoms. The van der Waals surface area contributed by atoms with Crippen molar-refractivity contribution >= 4 is 17.5 Å². The molecular formula is C12H13FN4. The second-order valence-electron chi connectivity index (χ2n) is 3.77. The van der Waals surface area contributed by atoms with Gasteiger partial charge in [0.25, 0.3) is 0 Å². The number of nitrogens with zero attached hydrogens (tertiary/aromatic N) is 3. The van der Waals surface area contributed by atoms with Gasteiger partial charge in [0, 0.05) is 24.5 Å². The van der Waals surface area contributed by atoms with Gasteiger partial charge in [0.15, 0.2) is 0 Å². The largest absolute Gasteiger partial charge is 0.368 e. The molecule has 0 fully saturated rings. The molecule has 0 aliphatic carbocycles. The van der Waals surface area contributed by atoms with Crippen LogP contribution in [-0.2, 0) is 0 Å². The minimum Gasteiger partial charge on any atom is -0.368 e. The Morgan fingerprint density at radius 1 is 1.35 bits per heavy atom. The molecule has 0 unspecified atom stereocenters. The molecule has 1 aromatic carbocycles. The average Bonchev–Trinajstić information content (AvgIpc) is 2.31. The molecule has 0 aliphatic rings. The second kappa shape index (κ2) is 4.37. The quantitative estimate of drug-likeness (QED) is 0.863. The van der Waals surface area contributed by atoms with Crippen LogP contribution < -0.4 is 10.6 Å². The van der Waals surface area contributed by atoms with Crippen LogP contribution >= 0.6 is 0 Å². The second-order valence-corrected chi connectivity index (χ2v) is 3.77. The number of nitrogens with two attached hydrogens (primary N) is 1. The summed E-state index contributed by atoms with van der Waals surface area (Å²) in [6.07, 6.45) is 1.65. The maximum atomic E-state index is 13.1. The zero-order valence-electron chi connectivity index (χ0n) is 9.68. The van der Waals surface area contributed by atoms with Crippen LogP contribution in [0.25, 0.3) is 0 Å². The zero-order valence-corrected chi connectivity index (χ0v) is 9.68. The van der Waals surface area contributed by atoms with Gasteiger partial charge in [-0.1, -0.05) is 6.07 Å². The summed E-state index contributed by atoms with van der Waals surface area (Å²) in [5, 5.41) is 0. The maximum Gasteiger partial charge on any atom is 0.221 e. The number of anilines is 3. The highest BCUT2D eigenvalue weighted by molar-refractivity contribution is 5.62. The Kier molecular flexibility index (Phi) is 2.91. The number of nitrogen functional groups attached to an aromatic ring is 1. The molecule has 2 N–H and O–H groups in total. The molecule has 0 atom stereocenters. The molecule has 88 valence electrons. The minimum absolute atomic E-state index is 0.203. The molecular weight excluding hydrogens is 219 g/mol. The summed E-state index contributed by atoms with van der Waals surface area (Å²) < 4.78 is 13.1. The van der Waals surface area contributed by atoms with Crippen LogP contribution in [-0.4, -0.2) is 17.0 Å². The Morgan fingerprint density at radius 2 is 2.12 bits per heavy atom. The summed E-state index contributed by atoms with van der Waals surface area (Å²) in [4.78, 5) is 9.82. The number of halogens is 1. The number of hydrogen-bond donors (Lipinski definition) is 1. The lowest BCUT2D eigenvalue weighted by atomic mass is 10.2. The summed E-state index contributed by atoms with van der Waals surface area (Å²) >= 11 is 0. The Bertz CT molecular complexity index is 542. The van der Waals surface area contributed by atoms with E-state index in [9.17, 15) is 4.39 Å². The summed E-state index contributed by atoms with van der Waals surface area (Å²) in [6.45, 7) is 1.88. The van der Waals surface area contributed by atoms with E-state index in [1.54, 1.807) is 23.2 Å². The fourth-order valence-corrected chi connectivity index (χ4v) is 1.59. The Labute approximate surface area is 98.9 Å². The normalized spacial score (nSPS) is 10.3. The summed E-state index contributed by atoms with van der Waals surface area (Å²) in [7, 11) is 1.81. The van der Waals surface area contributed by atoms with Gasteiger partial charge in [-0.2, -0.15) is 4.98 Å². The highest BCUT2D eigenvalue weighted by Gasteiger charge is 2.10. The topological polar surface area (TPSA) is 55.0 Å². The number of aryl methyl sites for hydroxylation is 1. The van der Waals surface area contributed by atoms with E-state index in [1.165, 1.54) is 12.1 Å². The van der Waals surface area contributed by atoms with Gasteiger partial charge in [0.2, 0.25) is 5.95 Å². The lowest BCUT2D eigenvalue weighted by Crippen LogP contribution is -2.14. The number of benzene rings is 1. The van der Waals surface area contributed by atoms with Crippen molar-refractivity contribution in [3.63, 3.8) is 0 Å². The fourth-order valence-electron chi connectivity index (χ4n) is 1.59. The van der Waals surface area contributed by atoms with E-state index >= 15 is 0 Å². The van der Waals surface area contributed by atoms with Gasteiger partial charge >= 0.3 is 0 Å². The van der Waals surface area contributed by atoms with Crippen LogP contribution in [0.15, 0.2) is 30.5 Å². The Morgan fingerprint density at radius 3 is 2.82 bits per heavy atom. The molecule has 1 aromatic heterocycles. The molecule has 0 spiro atoms. The van der Waals surface area contributed by atoms with Crippen molar-refractivity contribution in [2.45, 2.75) is 6.92 Å². The van der Waals surface area contributed by atoms with Crippen molar-refractivity contribution in [2.75, 3.05) is 17.7 Å². The highest BCUT2D eigenvalue weighted by Crippen LogP contribution is 2.25. The van der Waals surface area contributed by atoms with Gasteiger partial charge < -0.3 is 10.6 Å². The average molecular weight is 232 g/mol. The summed E-state index contributed by atoms with van der Waals surface area (Å²) in [5.74, 6) is 0.589. The number of aromatic nitrogens is 2. The van der Waals surface area contributed by atoms with E-state index in [-0.39, 0.29) is 11.8 Å². The summed E-state index contributed by atoms with van der Waals surface area (Å²) in [5.41, 5.74) is 7.14. The molecule has 1 heterocycles. The monoisotopic (exact) mass is 232 g/mol. The molecule has 0 aliphatic heterocycles.